The van der Waals surface area contributed by atoms with Crippen LogP contribution in [0.3, 0.4) is 0 Å². The van der Waals surface area contributed by atoms with E-state index >= 15 is 0 Å². The highest BCUT2D eigenvalue weighted by atomic mass is 16.7. The average Bonchev–Trinajstić information content (AvgIpc) is 3.30. The maximum absolute atomic E-state index is 12.8. The summed E-state index contributed by atoms with van der Waals surface area (Å²) in [5.41, 5.74) is 0. The van der Waals surface area contributed by atoms with Gasteiger partial charge in [-0.25, -0.2) is 0 Å². The van der Waals surface area contributed by atoms with E-state index in [1.54, 1.807) is 0 Å². The Kier molecular flexibility index (Phi) is 49.0. The van der Waals surface area contributed by atoms with Crippen LogP contribution in [0.5, 0.6) is 0 Å². The second-order valence-electron chi connectivity index (χ2n) is 20.6. The molecule has 0 spiro atoms. The summed E-state index contributed by atoms with van der Waals surface area (Å²) in [4.78, 5) is 37.2. The molecule has 0 aliphatic heterocycles. The van der Waals surface area contributed by atoms with Crippen LogP contribution in [0.4, 0.5) is 0 Å². The molecule has 0 aromatic rings. The Morgan fingerprint density at radius 2 is 0.809 bits per heavy atom. The Labute approximate surface area is 420 Å². The second kappa shape index (κ2) is 50.9. The fraction of sp³-hybridized carbons (Fsp3) is 0.847. The van der Waals surface area contributed by atoms with E-state index in [4.69, 9.17) is 18.9 Å². The summed E-state index contributed by atoms with van der Waals surface area (Å²) in [6, 6.07) is 0. The number of rotatable bonds is 53. The van der Waals surface area contributed by atoms with Gasteiger partial charge >= 0.3 is 11.9 Å². The van der Waals surface area contributed by atoms with E-state index in [-0.39, 0.29) is 32.2 Å². The fourth-order valence-corrected chi connectivity index (χ4v) is 8.14. The van der Waals surface area contributed by atoms with Crippen LogP contribution in [0.2, 0.25) is 0 Å². The first-order chi connectivity index (χ1) is 33.1. The molecule has 0 fully saturated rings. The van der Waals surface area contributed by atoms with Crippen molar-refractivity contribution in [2.75, 3.05) is 47.5 Å². The first-order valence-electron chi connectivity index (χ1n) is 28.6. The van der Waals surface area contributed by atoms with Crippen molar-refractivity contribution >= 4 is 17.9 Å². The summed E-state index contributed by atoms with van der Waals surface area (Å²) in [6.07, 6.45) is 57.8. The Balaban J connectivity index is 4.11. The molecule has 2 atom stereocenters. The minimum atomic E-state index is -1.62. The van der Waals surface area contributed by atoms with E-state index in [2.05, 4.69) is 50.3 Å². The van der Waals surface area contributed by atoms with Crippen molar-refractivity contribution in [1.82, 2.24) is 0 Å². The number of allylic oxidation sites excluding steroid dienone is 6. The van der Waals surface area contributed by atoms with Crippen molar-refractivity contribution in [3.05, 3.63) is 36.5 Å². The fourth-order valence-electron chi connectivity index (χ4n) is 8.14. The number of aliphatic carboxylic acids is 1. The van der Waals surface area contributed by atoms with Gasteiger partial charge in [-0.3, -0.25) is 9.59 Å². The van der Waals surface area contributed by atoms with Crippen molar-refractivity contribution in [3.8, 4) is 0 Å². The lowest BCUT2D eigenvalue weighted by atomic mass is 10.0. The largest absolute Gasteiger partial charge is 0.545 e. The summed E-state index contributed by atoms with van der Waals surface area (Å²) in [7, 11) is 5.92. The first kappa shape index (κ1) is 65.5. The van der Waals surface area contributed by atoms with E-state index in [1.165, 1.54) is 167 Å². The van der Waals surface area contributed by atoms with E-state index in [9.17, 15) is 19.5 Å². The van der Waals surface area contributed by atoms with Gasteiger partial charge in [0.2, 0.25) is 0 Å². The number of carbonyl (C=O) groups excluding carboxylic acids is 3. The summed E-state index contributed by atoms with van der Waals surface area (Å²) in [5, 5.41) is 11.7. The zero-order valence-electron chi connectivity index (χ0n) is 45.2. The maximum Gasteiger partial charge on any atom is 0.306 e. The lowest BCUT2D eigenvalue weighted by molar-refractivity contribution is -0.870. The zero-order chi connectivity index (χ0) is 49.9. The molecule has 0 saturated heterocycles. The maximum atomic E-state index is 12.8. The summed E-state index contributed by atoms with van der Waals surface area (Å²) >= 11 is 0. The van der Waals surface area contributed by atoms with E-state index < -0.39 is 24.3 Å². The number of likely N-dealkylation sites (N-methyl/N-ethyl adjacent to an activating group) is 1. The third-order valence-electron chi connectivity index (χ3n) is 12.6. The number of carboxylic acids is 1. The normalized spacial score (nSPS) is 13.0. The topological polar surface area (TPSA) is 111 Å². The Hall–Kier alpha value is -2.49. The Morgan fingerprint density at radius 1 is 0.441 bits per heavy atom. The number of quaternary nitrogens is 1. The number of hydrogen-bond donors (Lipinski definition) is 0. The van der Waals surface area contributed by atoms with Gasteiger partial charge in [0.25, 0.3) is 0 Å². The van der Waals surface area contributed by atoms with Crippen molar-refractivity contribution in [2.24, 2.45) is 0 Å². The SMILES string of the molecule is CCCC/C=C\C/C=C\CCCCCCCC(=O)OC(COC(=O)CCCCCCCCCCCCCCCCCCC/C=C\CCCCCCCCCC)COC(OCC[N+](C)(C)C)C(=O)[O-]. The number of carboxylic acid groups (broad SMARTS) is 1. The summed E-state index contributed by atoms with van der Waals surface area (Å²) in [5.74, 6) is -2.29. The van der Waals surface area contributed by atoms with Crippen LogP contribution in [0.1, 0.15) is 264 Å². The van der Waals surface area contributed by atoms with Crippen LogP contribution < -0.4 is 5.11 Å². The molecule has 0 radical (unpaired) electrons. The predicted molar refractivity (Wildman–Crippen MR) is 283 cm³/mol. The molecule has 0 heterocycles. The van der Waals surface area contributed by atoms with Crippen molar-refractivity contribution < 1.29 is 42.9 Å². The molecule has 0 aliphatic rings. The minimum absolute atomic E-state index is 0.146. The molecular formula is C59H109NO8. The van der Waals surface area contributed by atoms with Gasteiger partial charge in [0, 0.05) is 12.8 Å². The van der Waals surface area contributed by atoms with Gasteiger partial charge in [0.1, 0.15) is 13.2 Å². The molecule has 9 heteroatoms. The molecule has 0 aromatic carbocycles. The second-order valence-corrected chi connectivity index (χ2v) is 20.6. The van der Waals surface area contributed by atoms with Crippen LogP contribution in [0.15, 0.2) is 36.5 Å². The molecule has 0 aliphatic carbocycles. The number of hydrogen-bond acceptors (Lipinski definition) is 8. The predicted octanol–water partition coefficient (Wildman–Crippen LogP) is 15.2. The van der Waals surface area contributed by atoms with Crippen LogP contribution >= 0.6 is 0 Å². The quantitative estimate of drug-likeness (QED) is 0.0195. The Bertz CT molecular complexity index is 1210. The molecule has 0 rings (SSSR count). The van der Waals surface area contributed by atoms with Crippen molar-refractivity contribution in [3.63, 3.8) is 0 Å². The van der Waals surface area contributed by atoms with Gasteiger partial charge in [0.15, 0.2) is 12.4 Å². The van der Waals surface area contributed by atoms with Gasteiger partial charge in [-0.2, -0.15) is 0 Å². The van der Waals surface area contributed by atoms with Gasteiger partial charge < -0.3 is 33.3 Å². The molecule has 0 saturated carbocycles. The van der Waals surface area contributed by atoms with Crippen molar-refractivity contribution in [1.29, 1.82) is 0 Å². The lowest BCUT2D eigenvalue weighted by Crippen LogP contribution is -2.44. The number of unbranched alkanes of at least 4 members (excludes halogenated alkanes) is 32. The van der Waals surface area contributed by atoms with Crippen molar-refractivity contribution in [2.45, 2.75) is 277 Å². The number of esters is 2. The third kappa shape index (κ3) is 51.4. The summed E-state index contributed by atoms with van der Waals surface area (Å²) in [6.45, 7) is 4.71. The lowest BCUT2D eigenvalue weighted by Gasteiger charge is -2.26. The highest BCUT2D eigenvalue weighted by Gasteiger charge is 2.22. The van der Waals surface area contributed by atoms with Crippen LogP contribution in [-0.2, 0) is 33.3 Å². The Morgan fingerprint density at radius 3 is 1.22 bits per heavy atom. The van der Waals surface area contributed by atoms with Crippen LogP contribution in [0.25, 0.3) is 0 Å². The molecule has 0 amide bonds. The molecule has 0 aromatic heterocycles. The molecule has 2 unspecified atom stereocenters. The number of nitrogens with zero attached hydrogens (tertiary/aromatic N) is 1. The van der Waals surface area contributed by atoms with Gasteiger partial charge in [-0.15, -0.1) is 0 Å². The molecular weight excluding hydrogens is 851 g/mol. The highest BCUT2D eigenvalue weighted by molar-refractivity contribution is 5.70. The van der Waals surface area contributed by atoms with E-state index in [0.29, 0.717) is 23.9 Å². The summed E-state index contributed by atoms with van der Waals surface area (Å²) < 4.78 is 22.6. The standard InChI is InChI=1S/C59H109NO8/c1-6-8-10-12-14-16-18-20-22-23-24-25-26-27-28-29-30-31-32-33-34-35-36-38-39-41-43-45-47-49-56(61)66-53-55(54-67-59(58(63)64)65-52-51-60(3,4)5)68-57(62)50-48-46-44-42-40-37-21-19-17-15-13-11-9-7-2/h13,15,19,21,23-24,55,59H,6-12,14,16-18,20,22,25-54H2,1-5H3/b15-13-,21-19-,24-23-. The van der Waals surface area contributed by atoms with Gasteiger partial charge in [0.05, 0.1) is 40.3 Å². The van der Waals surface area contributed by atoms with Crippen LogP contribution in [0, 0.1) is 0 Å². The molecule has 68 heavy (non-hydrogen) atoms. The smallest absolute Gasteiger partial charge is 0.306 e. The van der Waals surface area contributed by atoms with Gasteiger partial charge in [-0.1, -0.05) is 224 Å². The van der Waals surface area contributed by atoms with E-state index in [0.717, 1.165) is 64.2 Å². The monoisotopic (exact) mass is 960 g/mol. The first-order valence-corrected chi connectivity index (χ1v) is 28.6. The third-order valence-corrected chi connectivity index (χ3v) is 12.6. The van der Waals surface area contributed by atoms with Gasteiger partial charge in [-0.05, 0) is 64.2 Å². The van der Waals surface area contributed by atoms with E-state index in [1.807, 2.05) is 21.1 Å². The molecule has 398 valence electrons. The minimum Gasteiger partial charge on any atom is -0.545 e. The average molecular weight is 961 g/mol. The number of ether oxygens (including phenoxy) is 4. The zero-order valence-corrected chi connectivity index (χ0v) is 45.2. The number of carbonyl (C=O) groups is 3. The highest BCUT2D eigenvalue weighted by Crippen LogP contribution is 2.16. The molecule has 0 bridgehead atoms. The molecule has 9 nitrogen and oxygen atoms in total. The molecule has 0 N–H and O–H groups in total. The van der Waals surface area contributed by atoms with Crippen LogP contribution in [-0.4, -0.2) is 82.3 Å².